The topological polar surface area (TPSA) is 60.8 Å². The van der Waals surface area contributed by atoms with Gasteiger partial charge < -0.3 is 15.1 Å². The molecule has 4 heteroatoms. The van der Waals surface area contributed by atoms with E-state index < -0.39 is 12.2 Å². The number of nitrogens with zero attached hydrogens (tertiary/aromatic N) is 1. The molecule has 0 aromatic heterocycles. The summed E-state index contributed by atoms with van der Waals surface area (Å²) in [6.45, 7) is 0.597. The van der Waals surface area contributed by atoms with Gasteiger partial charge in [-0.15, -0.1) is 0 Å². The van der Waals surface area contributed by atoms with Crippen molar-refractivity contribution in [2.45, 2.75) is 31.5 Å². The van der Waals surface area contributed by atoms with Crippen molar-refractivity contribution in [3.05, 3.63) is 0 Å². The molecule has 1 saturated carbocycles. The Labute approximate surface area is 77.2 Å². The Bertz CT molecular complexity index is 205. The van der Waals surface area contributed by atoms with Gasteiger partial charge in [0.15, 0.2) is 0 Å². The molecule has 1 amide bonds. The van der Waals surface area contributed by atoms with Gasteiger partial charge in [0.05, 0.1) is 12.2 Å². The van der Waals surface area contributed by atoms with E-state index >= 15 is 0 Å². The molecular formula is C9H15NO3. The van der Waals surface area contributed by atoms with Gasteiger partial charge in [-0.3, -0.25) is 4.79 Å². The van der Waals surface area contributed by atoms with Crippen molar-refractivity contribution < 1.29 is 15.0 Å². The second-order valence-electron chi connectivity index (χ2n) is 4.08. The fraction of sp³-hybridized carbons (Fsp3) is 0.889. The van der Waals surface area contributed by atoms with Crippen LogP contribution in [0.2, 0.25) is 0 Å². The molecule has 74 valence electrons. The van der Waals surface area contributed by atoms with Gasteiger partial charge in [-0.2, -0.15) is 0 Å². The molecular weight excluding hydrogens is 170 g/mol. The van der Waals surface area contributed by atoms with E-state index in [0.29, 0.717) is 25.4 Å². The molecule has 1 aliphatic carbocycles. The number of likely N-dealkylation sites (tertiary alicyclic amines) is 1. The highest BCUT2D eigenvalue weighted by Gasteiger charge is 2.34. The SMILES string of the molecule is O=C(CC1CC1)N1CC(O)C(O)C1. The number of hydrogen-bond donors (Lipinski definition) is 2. The van der Waals surface area contributed by atoms with Gasteiger partial charge in [0.2, 0.25) is 5.91 Å². The molecule has 2 rings (SSSR count). The van der Waals surface area contributed by atoms with Crippen LogP contribution in [-0.2, 0) is 4.79 Å². The summed E-state index contributed by atoms with van der Waals surface area (Å²) in [6, 6.07) is 0. The zero-order valence-corrected chi connectivity index (χ0v) is 7.52. The third-order valence-corrected chi connectivity index (χ3v) is 2.77. The maximum Gasteiger partial charge on any atom is 0.223 e. The van der Waals surface area contributed by atoms with Gasteiger partial charge in [0.1, 0.15) is 0 Å². The molecule has 4 nitrogen and oxygen atoms in total. The van der Waals surface area contributed by atoms with Crippen molar-refractivity contribution in [2.24, 2.45) is 5.92 Å². The molecule has 0 aromatic rings. The Morgan fingerprint density at radius 2 is 1.77 bits per heavy atom. The standard InChI is InChI=1S/C9H15NO3/c11-7-4-10(5-8(7)12)9(13)3-6-1-2-6/h6-8,11-12H,1-5H2. The normalized spacial score (nSPS) is 33.8. The first-order valence-corrected chi connectivity index (χ1v) is 4.80. The van der Waals surface area contributed by atoms with Gasteiger partial charge in [-0.1, -0.05) is 0 Å². The summed E-state index contributed by atoms with van der Waals surface area (Å²) in [5, 5.41) is 18.4. The van der Waals surface area contributed by atoms with Crippen LogP contribution in [0.3, 0.4) is 0 Å². The molecule has 1 aliphatic heterocycles. The van der Waals surface area contributed by atoms with Crippen LogP contribution in [0.1, 0.15) is 19.3 Å². The summed E-state index contributed by atoms with van der Waals surface area (Å²) in [6.07, 6.45) is 1.42. The molecule has 2 unspecified atom stereocenters. The van der Waals surface area contributed by atoms with Crippen LogP contribution in [0.5, 0.6) is 0 Å². The van der Waals surface area contributed by atoms with E-state index in [2.05, 4.69) is 0 Å². The van der Waals surface area contributed by atoms with Crippen molar-refractivity contribution in [3.8, 4) is 0 Å². The monoisotopic (exact) mass is 185 g/mol. The van der Waals surface area contributed by atoms with E-state index in [-0.39, 0.29) is 5.91 Å². The number of aliphatic hydroxyl groups is 2. The van der Waals surface area contributed by atoms with Gasteiger partial charge in [0, 0.05) is 19.5 Å². The Morgan fingerprint density at radius 1 is 1.23 bits per heavy atom. The van der Waals surface area contributed by atoms with Gasteiger partial charge in [-0.25, -0.2) is 0 Å². The van der Waals surface area contributed by atoms with Crippen LogP contribution < -0.4 is 0 Å². The number of aliphatic hydroxyl groups excluding tert-OH is 2. The summed E-state index contributed by atoms with van der Waals surface area (Å²) in [5.41, 5.74) is 0. The molecule has 2 atom stereocenters. The Balaban J connectivity index is 1.83. The van der Waals surface area contributed by atoms with Gasteiger partial charge in [0.25, 0.3) is 0 Å². The minimum atomic E-state index is -0.747. The average molecular weight is 185 g/mol. The first kappa shape index (κ1) is 8.97. The summed E-state index contributed by atoms with van der Waals surface area (Å²) in [4.78, 5) is 13.1. The number of hydrogen-bond acceptors (Lipinski definition) is 3. The maximum absolute atomic E-state index is 11.5. The van der Waals surface area contributed by atoms with Crippen molar-refractivity contribution in [2.75, 3.05) is 13.1 Å². The first-order chi connectivity index (χ1) is 6.16. The molecule has 2 aliphatic rings. The van der Waals surface area contributed by atoms with E-state index in [0.717, 1.165) is 12.8 Å². The highest BCUT2D eigenvalue weighted by molar-refractivity contribution is 5.77. The lowest BCUT2D eigenvalue weighted by Gasteiger charge is -2.14. The number of amides is 1. The predicted molar refractivity (Wildman–Crippen MR) is 45.9 cm³/mol. The number of carbonyl (C=O) groups is 1. The summed E-state index contributed by atoms with van der Waals surface area (Å²) >= 11 is 0. The molecule has 2 fully saturated rings. The molecule has 0 radical (unpaired) electrons. The Hall–Kier alpha value is -0.610. The van der Waals surface area contributed by atoms with Crippen LogP contribution in [-0.4, -0.2) is 46.3 Å². The van der Waals surface area contributed by atoms with E-state index in [1.165, 1.54) is 0 Å². The molecule has 1 saturated heterocycles. The second kappa shape index (κ2) is 3.27. The Morgan fingerprint density at radius 3 is 2.23 bits per heavy atom. The number of rotatable bonds is 2. The zero-order chi connectivity index (χ0) is 9.42. The van der Waals surface area contributed by atoms with E-state index in [4.69, 9.17) is 0 Å². The third-order valence-electron chi connectivity index (χ3n) is 2.77. The van der Waals surface area contributed by atoms with Gasteiger partial charge in [-0.05, 0) is 18.8 Å². The molecule has 0 bridgehead atoms. The number of carbonyl (C=O) groups excluding carboxylic acids is 1. The molecule has 0 spiro atoms. The summed E-state index contributed by atoms with van der Waals surface area (Å²) in [5.74, 6) is 0.653. The van der Waals surface area contributed by atoms with Crippen LogP contribution in [0.4, 0.5) is 0 Å². The number of β-amino-alcohol motifs (C(OH)–C–C–N with tert-alkyl or cyclic N) is 2. The second-order valence-corrected chi connectivity index (χ2v) is 4.08. The summed E-state index contributed by atoms with van der Waals surface area (Å²) in [7, 11) is 0. The lowest BCUT2D eigenvalue weighted by atomic mass is 10.2. The van der Waals surface area contributed by atoms with Crippen molar-refractivity contribution in [1.29, 1.82) is 0 Å². The average Bonchev–Trinajstić information content (AvgIpc) is 2.81. The third kappa shape index (κ3) is 2.00. The van der Waals surface area contributed by atoms with E-state index in [1.807, 2.05) is 0 Å². The van der Waals surface area contributed by atoms with Crippen molar-refractivity contribution in [3.63, 3.8) is 0 Å². The van der Waals surface area contributed by atoms with Crippen LogP contribution in [0.25, 0.3) is 0 Å². The van der Waals surface area contributed by atoms with Crippen LogP contribution >= 0.6 is 0 Å². The maximum atomic E-state index is 11.5. The minimum absolute atomic E-state index is 0.0816. The van der Waals surface area contributed by atoms with E-state index in [1.54, 1.807) is 4.90 Å². The lowest BCUT2D eigenvalue weighted by molar-refractivity contribution is -0.131. The fourth-order valence-electron chi connectivity index (χ4n) is 1.67. The quantitative estimate of drug-likeness (QED) is 0.601. The van der Waals surface area contributed by atoms with Crippen LogP contribution in [0, 0.1) is 5.92 Å². The molecule has 1 heterocycles. The fourth-order valence-corrected chi connectivity index (χ4v) is 1.67. The molecule has 0 aromatic carbocycles. The lowest BCUT2D eigenvalue weighted by Crippen LogP contribution is -2.29. The molecule has 13 heavy (non-hydrogen) atoms. The van der Waals surface area contributed by atoms with Crippen molar-refractivity contribution in [1.82, 2.24) is 4.90 Å². The van der Waals surface area contributed by atoms with Crippen LogP contribution in [0.15, 0.2) is 0 Å². The predicted octanol–water partition coefficient (Wildman–Crippen LogP) is -0.650. The highest BCUT2D eigenvalue weighted by Crippen LogP contribution is 2.33. The first-order valence-electron chi connectivity index (χ1n) is 4.80. The zero-order valence-electron chi connectivity index (χ0n) is 7.52. The largest absolute Gasteiger partial charge is 0.388 e. The van der Waals surface area contributed by atoms with E-state index in [9.17, 15) is 15.0 Å². The Kier molecular flexibility index (Phi) is 2.26. The van der Waals surface area contributed by atoms with Crippen molar-refractivity contribution >= 4 is 5.91 Å². The minimum Gasteiger partial charge on any atom is -0.388 e. The van der Waals surface area contributed by atoms with Gasteiger partial charge >= 0.3 is 0 Å². The molecule has 2 N–H and O–H groups in total. The highest BCUT2D eigenvalue weighted by atomic mass is 16.3. The smallest absolute Gasteiger partial charge is 0.223 e. The summed E-state index contributed by atoms with van der Waals surface area (Å²) < 4.78 is 0.